The number of fused-ring (bicyclic) bond motifs is 1. The van der Waals surface area contributed by atoms with Crippen LogP contribution in [0.25, 0.3) is 10.9 Å². The highest BCUT2D eigenvalue weighted by atomic mass is 35.5. The van der Waals surface area contributed by atoms with Crippen molar-refractivity contribution in [2.75, 3.05) is 6.54 Å². The van der Waals surface area contributed by atoms with Crippen molar-refractivity contribution in [3.63, 3.8) is 0 Å². The number of benzene rings is 1. The summed E-state index contributed by atoms with van der Waals surface area (Å²) in [4.78, 5) is 0. The highest BCUT2D eigenvalue weighted by molar-refractivity contribution is 6.34. The fourth-order valence-corrected chi connectivity index (χ4v) is 3.03. The smallest absolute Gasteiger partial charge is 0.159 e. The molecule has 1 aliphatic heterocycles. The zero-order valence-corrected chi connectivity index (χ0v) is 10.7. The molecule has 0 bridgehead atoms. The van der Waals surface area contributed by atoms with E-state index in [4.69, 9.17) is 11.6 Å². The van der Waals surface area contributed by atoms with Gasteiger partial charge in [-0.3, -0.25) is 4.68 Å². The van der Waals surface area contributed by atoms with Crippen LogP contribution in [0.4, 0.5) is 0 Å². The van der Waals surface area contributed by atoms with E-state index < -0.39 is 0 Å². The maximum atomic E-state index is 6.22. The number of hydrogen-bond acceptors (Lipinski definition) is 2. The first-order valence-electron chi connectivity index (χ1n) is 6.09. The second kappa shape index (κ2) is 4.31. The van der Waals surface area contributed by atoms with Crippen LogP contribution in [-0.2, 0) is 13.5 Å². The molecule has 1 aliphatic rings. The van der Waals surface area contributed by atoms with Crippen LogP contribution in [0.1, 0.15) is 18.4 Å². The van der Waals surface area contributed by atoms with Gasteiger partial charge in [0.2, 0.25) is 0 Å². The molecular formula is C13H16ClN3. The van der Waals surface area contributed by atoms with Crippen LogP contribution in [-0.4, -0.2) is 22.4 Å². The molecule has 1 unspecified atom stereocenters. The van der Waals surface area contributed by atoms with Gasteiger partial charge in [0.15, 0.2) is 5.15 Å². The Morgan fingerprint density at radius 3 is 3.18 bits per heavy atom. The molecule has 0 radical (unpaired) electrons. The predicted octanol–water partition coefficient (Wildman–Crippen LogP) is 2.52. The first kappa shape index (κ1) is 11.1. The Bertz CT molecular complexity index is 541. The van der Waals surface area contributed by atoms with E-state index in [-0.39, 0.29) is 0 Å². The number of aryl methyl sites for hydroxylation is 1. The number of hydrogen-bond donors (Lipinski definition) is 1. The molecule has 0 spiro atoms. The molecule has 4 heteroatoms. The van der Waals surface area contributed by atoms with Crippen molar-refractivity contribution >= 4 is 22.5 Å². The number of rotatable bonds is 2. The molecule has 2 aromatic rings. The number of nitrogens with one attached hydrogen (secondary N) is 1. The summed E-state index contributed by atoms with van der Waals surface area (Å²) in [5, 5.41) is 9.55. The molecule has 1 aromatic heterocycles. The first-order chi connectivity index (χ1) is 8.25. The van der Waals surface area contributed by atoms with Gasteiger partial charge in [0.1, 0.15) is 0 Å². The van der Waals surface area contributed by atoms with Crippen molar-refractivity contribution in [3.05, 3.63) is 28.9 Å². The minimum atomic E-state index is 0.594. The molecule has 2 heterocycles. The van der Waals surface area contributed by atoms with Gasteiger partial charge >= 0.3 is 0 Å². The standard InChI is InChI=1S/C13H16ClN3/c1-17-11-6-2-4-9(12(11)13(14)16-17)8-10-5-3-7-15-10/h2,4,6,10,15H,3,5,7-8H2,1H3. The molecule has 1 N–H and O–H groups in total. The summed E-state index contributed by atoms with van der Waals surface area (Å²) in [6, 6.07) is 6.91. The average molecular weight is 250 g/mol. The Morgan fingerprint density at radius 2 is 2.41 bits per heavy atom. The molecule has 1 saturated heterocycles. The molecule has 1 aromatic carbocycles. The molecule has 3 rings (SSSR count). The van der Waals surface area contributed by atoms with E-state index in [1.54, 1.807) is 0 Å². The Hall–Kier alpha value is -1.06. The SMILES string of the molecule is Cn1nc(Cl)c2c(CC3CCCN3)cccc21. The zero-order valence-electron chi connectivity index (χ0n) is 9.91. The van der Waals surface area contributed by atoms with Crippen LogP contribution in [0.5, 0.6) is 0 Å². The highest BCUT2D eigenvalue weighted by Crippen LogP contribution is 2.27. The van der Waals surface area contributed by atoms with Crippen LogP contribution >= 0.6 is 11.6 Å². The van der Waals surface area contributed by atoms with Crippen LogP contribution in [0.3, 0.4) is 0 Å². The maximum Gasteiger partial charge on any atom is 0.159 e. The van der Waals surface area contributed by atoms with Gasteiger partial charge in [0.05, 0.1) is 5.52 Å². The van der Waals surface area contributed by atoms with Crippen LogP contribution in [0, 0.1) is 0 Å². The number of nitrogens with zero attached hydrogens (tertiary/aromatic N) is 2. The third kappa shape index (κ3) is 1.94. The van der Waals surface area contributed by atoms with E-state index in [1.807, 2.05) is 11.7 Å². The van der Waals surface area contributed by atoms with Crippen molar-refractivity contribution in [1.82, 2.24) is 15.1 Å². The average Bonchev–Trinajstić information content (AvgIpc) is 2.90. The van der Waals surface area contributed by atoms with E-state index in [0.29, 0.717) is 11.2 Å². The molecule has 0 amide bonds. The molecule has 90 valence electrons. The van der Waals surface area contributed by atoms with Crippen molar-refractivity contribution in [1.29, 1.82) is 0 Å². The van der Waals surface area contributed by atoms with E-state index in [1.165, 1.54) is 18.4 Å². The van der Waals surface area contributed by atoms with Gasteiger partial charge in [-0.2, -0.15) is 5.10 Å². The first-order valence-corrected chi connectivity index (χ1v) is 6.47. The summed E-state index contributed by atoms with van der Waals surface area (Å²) in [6.07, 6.45) is 3.58. The Morgan fingerprint density at radius 1 is 1.53 bits per heavy atom. The van der Waals surface area contributed by atoms with E-state index in [2.05, 4.69) is 28.6 Å². The monoisotopic (exact) mass is 249 g/mol. The number of halogens is 1. The minimum Gasteiger partial charge on any atom is -0.314 e. The van der Waals surface area contributed by atoms with Gasteiger partial charge in [-0.25, -0.2) is 0 Å². The summed E-state index contributed by atoms with van der Waals surface area (Å²) < 4.78 is 1.85. The highest BCUT2D eigenvalue weighted by Gasteiger charge is 2.17. The van der Waals surface area contributed by atoms with Crippen LogP contribution < -0.4 is 5.32 Å². The second-order valence-electron chi connectivity index (χ2n) is 4.72. The quantitative estimate of drug-likeness (QED) is 0.887. The largest absolute Gasteiger partial charge is 0.314 e. The van der Waals surface area contributed by atoms with Crippen molar-refractivity contribution in [2.45, 2.75) is 25.3 Å². The van der Waals surface area contributed by atoms with Crippen LogP contribution in [0.2, 0.25) is 5.15 Å². The van der Waals surface area contributed by atoms with E-state index >= 15 is 0 Å². The van der Waals surface area contributed by atoms with Gasteiger partial charge in [0, 0.05) is 18.5 Å². The molecule has 1 atom stereocenters. The lowest BCUT2D eigenvalue weighted by molar-refractivity contribution is 0.605. The maximum absolute atomic E-state index is 6.22. The third-order valence-electron chi connectivity index (χ3n) is 3.55. The van der Waals surface area contributed by atoms with Crippen LogP contribution in [0.15, 0.2) is 18.2 Å². The third-order valence-corrected chi connectivity index (χ3v) is 3.81. The van der Waals surface area contributed by atoms with Gasteiger partial charge in [-0.1, -0.05) is 23.7 Å². The summed E-state index contributed by atoms with van der Waals surface area (Å²) in [5.74, 6) is 0. The second-order valence-corrected chi connectivity index (χ2v) is 5.08. The lowest BCUT2D eigenvalue weighted by Gasteiger charge is -2.11. The normalized spacial score (nSPS) is 20.2. The van der Waals surface area contributed by atoms with Crippen molar-refractivity contribution in [2.24, 2.45) is 7.05 Å². The molecule has 0 saturated carbocycles. The lowest BCUT2D eigenvalue weighted by atomic mass is 10.0. The summed E-state index contributed by atoms with van der Waals surface area (Å²) in [7, 11) is 1.94. The Labute approximate surface area is 106 Å². The number of aromatic nitrogens is 2. The predicted molar refractivity (Wildman–Crippen MR) is 70.5 cm³/mol. The topological polar surface area (TPSA) is 29.9 Å². The molecule has 1 fully saturated rings. The zero-order chi connectivity index (χ0) is 11.8. The molecule has 17 heavy (non-hydrogen) atoms. The van der Waals surface area contributed by atoms with Gasteiger partial charge < -0.3 is 5.32 Å². The summed E-state index contributed by atoms with van der Waals surface area (Å²) in [5.41, 5.74) is 2.42. The summed E-state index contributed by atoms with van der Waals surface area (Å²) in [6.45, 7) is 1.14. The fraction of sp³-hybridized carbons (Fsp3) is 0.462. The molecular weight excluding hydrogens is 234 g/mol. The minimum absolute atomic E-state index is 0.594. The lowest BCUT2D eigenvalue weighted by Crippen LogP contribution is -2.23. The van der Waals surface area contributed by atoms with Crippen molar-refractivity contribution < 1.29 is 0 Å². The van der Waals surface area contributed by atoms with Gasteiger partial charge in [-0.15, -0.1) is 0 Å². The Kier molecular flexibility index (Phi) is 2.81. The summed E-state index contributed by atoms with van der Waals surface area (Å²) >= 11 is 6.22. The Balaban J connectivity index is 2.03. The molecule has 0 aliphatic carbocycles. The van der Waals surface area contributed by atoms with E-state index in [9.17, 15) is 0 Å². The fourth-order valence-electron chi connectivity index (χ4n) is 2.70. The molecule has 3 nitrogen and oxygen atoms in total. The van der Waals surface area contributed by atoms with Gasteiger partial charge in [0.25, 0.3) is 0 Å². The van der Waals surface area contributed by atoms with Gasteiger partial charge in [-0.05, 0) is 37.4 Å². The van der Waals surface area contributed by atoms with Crippen molar-refractivity contribution in [3.8, 4) is 0 Å². The van der Waals surface area contributed by atoms with E-state index in [0.717, 1.165) is 23.9 Å².